The second-order valence-corrected chi connectivity index (χ2v) is 6.83. The summed E-state index contributed by atoms with van der Waals surface area (Å²) in [7, 11) is 0. The lowest BCUT2D eigenvalue weighted by atomic mass is 10.0. The third kappa shape index (κ3) is 3.44. The van der Waals surface area contributed by atoms with E-state index in [-0.39, 0.29) is 11.8 Å². The van der Waals surface area contributed by atoms with Crippen LogP contribution in [0.15, 0.2) is 59.5 Å². The number of pyridine rings is 1. The molecule has 0 saturated heterocycles. The first-order chi connectivity index (χ1) is 11.6. The first-order valence-corrected chi connectivity index (χ1v) is 9.16. The number of amides is 1. The molecular formula is C20H20N2OS. The molecular weight excluding hydrogens is 316 g/mol. The molecule has 3 nitrogen and oxygen atoms in total. The number of nitrogens with zero attached hydrogens (tertiary/aromatic N) is 1. The largest absolute Gasteiger partial charge is 0.322 e. The molecule has 0 aliphatic heterocycles. The molecule has 122 valence electrons. The number of carbonyl (C=O) groups excluding carboxylic acids is 1. The smallest absolute Gasteiger partial charge is 0.256 e. The van der Waals surface area contributed by atoms with Crippen molar-refractivity contribution in [1.29, 1.82) is 0 Å². The normalized spacial score (nSPS) is 11.0. The van der Waals surface area contributed by atoms with Gasteiger partial charge >= 0.3 is 0 Å². The minimum Gasteiger partial charge on any atom is -0.322 e. The maximum absolute atomic E-state index is 12.9. The lowest BCUT2D eigenvalue weighted by molar-refractivity contribution is 0.102. The highest BCUT2D eigenvalue weighted by Gasteiger charge is 2.14. The van der Waals surface area contributed by atoms with Crippen LogP contribution in [-0.2, 0) is 0 Å². The van der Waals surface area contributed by atoms with E-state index in [0.29, 0.717) is 5.56 Å². The van der Waals surface area contributed by atoms with Gasteiger partial charge in [0.05, 0.1) is 11.1 Å². The number of hydrogen-bond donors (Lipinski definition) is 1. The molecule has 1 heterocycles. The Kier molecular flexibility index (Phi) is 4.86. The van der Waals surface area contributed by atoms with Crippen molar-refractivity contribution in [2.45, 2.75) is 24.7 Å². The van der Waals surface area contributed by atoms with Crippen molar-refractivity contribution in [2.24, 2.45) is 0 Å². The van der Waals surface area contributed by atoms with Crippen LogP contribution < -0.4 is 5.32 Å². The Morgan fingerprint density at radius 2 is 1.88 bits per heavy atom. The van der Waals surface area contributed by atoms with Gasteiger partial charge in [0.2, 0.25) is 0 Å². The van der Waals surface area contributed by atoms with Crippen LogP contribution in [0.5, 0.6) is 0 Å². The fraction of sp³-hybridized carbons (Fsp3) is 0.200. The van der Waals surface area contributed by atoms with Gasteiger partial charge in [0.15, 0.2) is 0 Å². The number of nitrogens with one attached hydrogen (secondary N) is 1. The third-order valence-electron chi connectivity index (χ3n) is 3.90. The molecule has 0 aliphatic rings. The average Bonchev–Trinajstić information content (AvgIpc) is 2.60. The predicted octanol–water partition coefficient (Wildman–Crippen LogP) is 5.33. The Balaban J connectivity index is 2.02. The molecule has 0 spiro atoms. The molecule has 3 rings (SSSR count). The molecule has 1 N–H and O–H groups in total. The Hall–Kier alpha value is -2.33. The molecule has 0 atom stereocenters. The fourth-order valence-corrected chi connectivity index (χ4v) is 3.04. The zero-order chi connectivity index (χ0) is 17.1. The molecule has 0 radical (unpaired) electrons. The number of hydrogen-bond acceptors (Lipinski definition) is 3. The van der Waals surface area contributed by atoms with Crippen molar-refractivity contribution < 1.29 is 4.79 Å². The quantitative estimate of drug-likeness (QED) is 0.655. The Morgan fingerprint density at radius 3 is 2.62 bits per heavy atom. The molecule has 1 amide bonds. The summed E-state index contributed by atoms with van der Waals surface area (Å²) in [5.74, 6) is 0.162. The summed E-state index contributed by atoms with van der Waals surface area (Å²) >= 11 is 1.65. The first kappa shape index (κ1) is 16.5. The van der Waals surface area contributed by atoms with E-state index in [0.717, 1.165) is 27.2 Å². The van der Waals surface area contributed by atoms with E-state index in [1.807, 2.05) is 60.9 Å². The van der Waals surface area contributed by atoms with Gasteiger partial charge in [-0.25, -0.2) is 0 Å². The summed E-state index contributed by atoms with van der Waals surface area (Å²) in [6.07, 6.45) is 2.02. The van der Waals surface area contributed by atoms with Gasteiger partial charge in [-0.3, -0.25) is 9.78 Å². The second-order valence-electron chi connectivity index (χ2n) is 5.95. The van der Waals surface area contributed by atoms with Crippen LogP contribution in [0.1, 0.15) is 35.8 Å². The number of fused-ring (bicyclic) bond motifs is 1. The number of carbonyl (C=O) groups is 1. The summed E-state index contributed by atoms with van der Waals surface area (Å²) in [6.45, 7) is 4.17. The summed E-state index contributed by atoms with van der Waals surface area (Å²) in [6, 6.07) is 17.5. The molecule has 1 aromatic heterocycles. The molecule has 4 heteroatoms. The van der Waals surface area contributed by atoms with Gasteiger partial charge < -0.3 is 5.32 Å². The van der Waals surface area contributed by atoms with Crippen molar-refractivity contribution >= 4 is 34.3 Å². The van der Waals surface area contributed by atoms with Gasteiger partial charge in [-0.15, -0.1) is 11.8 Å². The van der Waals surface area contributed by atoms with Crippen LogP contribution in [0, 0.1) is 0 Å². The van der Waals surface area contributed by atoms with E-state index in [4.69, 9.17) is 0 Å². The number of thioether (sulfide) groups is 1. The van der Waals surface area contributed by atoms with Gasteiger partial charge in [-0.1, -0.05) is 38.1 Å². The van der Waals surface area contributed by atoms with E-state index >= 15 is 0 Å². The summed E-state index contributed by atoms with van der Waals surface area (Å²) in [4.78, 5) is 18.6. The number of para-hydroxylation sites is 1. The van der Waals surface area contributed by atoms with E-state index < -0.39 is 0 Å². The number of benzene rings is 2. The van der Waals surface area contributed by atoms with E-state index in [1.54, 1.807) is 11.8 Å². The lowest BCUT2D eigenvalue weighted by Gasteiger charge is -2.12. The number of rotatable bonds is 4. The van der Waals surface area contributed by atoms with Crippen molar-refractivity contribution in [3.63, 3.8) is 0 Å². The highest BCUT2D eigenvalue weighted by molar-refractivity contribution is 7.98. The van der Waals surface area contributed by atoms with Gasteiger partial charge in [-0.05, 0) is 42.5 Å². The summed E-state index contributed by atoms with van der Waals surface area (Å²) in [5, 5.41) is 3.89. The zero-order valence-electron chi connectivity index (χ0n) is 14.0. The molecule has 3 aromatic rings. The molecule has 0 unspecified atom stereocenters. The van der Waals surface area contributed by atoms with Crippen LogP contribution in [0.25, 0.3) is 10.9 Å². The standard InChI is InChI=1S/C20H20N2OS/c1-13(2)19-12-17(16-9-4-5-10-18(16)22-19)20(23)21-14-7-6-8-15(11-14)24-3/h4-13H,1-3H3,(H,21,23). The van der Waals surface area contributed by atoms with Gasteiger partial charge in [0.1, 0.15) is 0 Å². The van der Waals surface area contributed by atoms with Crippen LogP contribution in [0.3, 0.4) is 0 Å². The Morgan fingerprint density at radius 1 is 1.08 bits per heavy atom. The van der Waals surface area contributed by atoms with E-state index in [9.17, 15) is 4.79 Å². The van der Waals surface area contributed by atoms with Gasteiger partial charge in [-0.2, -0.15) is 0 Å². The van der Waals surface area contributed by atoms with Crippen LogP contribution in [-0.4, -0.2) is 17.1 Å². The summed E-state index contributed by atoms with van der Waals surface area (Å²) in [5.41, 5.74) is 3.25. The van der Waals surface area contributed by atoms with Crippen molar-refractivity contribution in [3.8, 4) is 0 Å². The minimum absolute atomic E-state index is 0.103. The molecule has 0 fully saturated rings. The van der Waals surface area contributed by atoms with Crippen molar-refractivity contribution in [1.82, 2.24) is 4.98 Å². The maximum atomic E-state index is 12.9. The highest BCUT2D eigenvalue weighted by atomic mass is 32.2. The lowest BCUT2D eigenvalue weighted by Crippen LogP contribution is -2.13. The molecule has 0 saturated carbocycles. The minimum atomic E-state index is -0.103. The fourth-order valence-electron chi connectivity index (χ4n) is 2.58. The molecule has 24 heavy (non-hydrogen) atoms. The van der Waals surface area contributed by atoms with Gasteiger partial charge in [0, 0.05) is 21.7 Å². The van der Waals surface area contributed by atoms with Crippen molar-refractivity contribution in [3.05, 3.63) is 65.9 Å². The number of anilines is 1. The first-order valence-electron chi connectivity index (χ1n) is 7.93. The van der Waals surface area contributed by atoms with Gasteiger partial charge in [0.25, 0.3) is 5.91 Å². The summed E-state index contributed by atoms with van der Waals surface area (Å²) < 4.78 is 0. The predicted molar refractivity (Wildman–Crippen MR) is 102 cm³/mol. The van der Waals surface area contributed by atoms with Crippen LogP contribution in [0.2, 0.25) is 0 Å². The van der Waals surface area contributed by atoms with Crippen molar-refractivity contribution in [2.75, 3.05) is 11.6 Å². The monoisotopic (exact) mass is 336 g/mol. The second kappa shape index (κ2) is 7.05. The highest BCUT2D eigenvalue weighted by Crippen LogP contribution is 2.24. The third-order valence-corrected chi connectivity index (χ3v) is 4.63. The molecule has 0 bridgehead atoms. The topological polar surface area (TPSA) is 42.0 Å². The molecule has 2 aromatic carbocycles. The zero-order valence-corrected chi connectivity index (χ0v) is 14.9. The average molecular weight is 336 g/mol. The Labute approximate surface area is 146 Å². The van der Waals surface area contributed by atoms with Crippen LogP contribution in [0.4, 0.5) is 5.69 Å². The van der Waals surface area contributed by atoms with E-state index in [2.05, 4.69) is 24.1 Å². The van der Waals surface area contributed by atoms with E-state index in [1.165, 1.54) is 0 Å². The SMILES string of the molecule is CSc1cccc(NC(=O)c2cc(C(C)C)nc3ccccc23)c1. The van der Waals surface area contributed by atoms with Crippen LogP contribution >= 0.6 is 11.8 Å². The molecule has 0 aliphatic carbocycles. The maximum Gasteiger partial charge on any atom is 0.256 e. The Bertz CT molecular complexity index is 890. The number of aromatic nitrogens is 1.